The van der Waals surface area contributed by atoms with Gasteiger partial charge in [0.05, 0.1) is 5.54 Å². The van der Waals surface area contributed by atoms with E-state index in [-0.39, 0.29) is 17.0 Å². The van der Waals surface area contributed by atoms with Crippen molar-refractivity contribution in [3.05, 3.63) is 78.1 Å². The van der Waals surface area contributed by atoms with E-state index < -0.39 is 0 Å². The molecule has 0 atom stereocenters. The zero-order chi connectivity index (χ0) is 21.2. The molecule has 0 unspecified atom stereocenters. The van der Waals surface area contributed by atoms with Gasteiger partial charge in [-0.15, -0.1) is 0 Å². The number of nitrogens with zero attached hydrogens (tertiary/aromatic N) is 5. The van der Waals surface area contributed by atoms with Crippen molar-refractivity contribution in [1.29, 1.82) is 0 Å². The summed E-state index contributed by atoms with van der Waals surface area (Å²) in [5, 5.41) is 0. The summed E-state index contributed by atoms with van der Waals surface area (Å²) < 4.78 is 0. The molecule has 1 aliphatic rings. The Balaban J connectivity index is 1.75. The number of hydrogen-bond donors (Lipinski definition) is 1. The number of hydrogen-bond acceptors (Lipinski definition) is 6. The summed E-state index contributed by atoms with van der Waals surface area (Å²) in [7, 11) is 6.46. The molecular formula is C24H30N6. The fourth-order valence-corrected chi connectivity index (χ4v) is 5.04. The van der Waals surface area contributed by atoms with Crippen LogP contribution in [0.5, 0.6) is 0 Å². The lowest BCUT2D eigenvalue weighted by Gasteiger charge is -2.53. The molecule has 0 aliphatic heterocycles. The van der Waals surface area contributed by atoms with Gasteiger partial charge in [0.15, 0.2) is 0 Å². The van der Waals surface area contributed by atoms with Gasteiger partial charge < -0.3 is 10.6 Å². The van der Waals surface area contributed by atoms with Crippen molar-refractivity contribution in [2.75, 3.05) is 31.8 Å². The molecule has 0 spiro atoms. The van der Waals surface area contributed by atoms with E-state index >= 15 is 0 Å². The molecule has 0 bridgehead atoms. The molecule has 6 heteroatoms. The van der Waals surface area contributed by atoms with Crippen LogP contribution in [0.25, 0.3) is 0 Å². The van der Waals surface area contributed by atoms with Crippen LogP contribution in [0.2, 0.25) is 0 Å². The number of nitrogens with two attached hydrogens (primary N) is 1. The normalized spacial score (nSPS) is 24.0. The molecule has 30 heavy (non-hydrogen) atoms. The van der Waals surface area contributed by atoms with E-state index in [0.29, 0.717) is 5.95 Å². The zero-order valence-corrected chi connectivity index (χ0v) is 18.0. The first-order valence-electron chi connectivity index (χ1n) is 10.4. The average molecular weight is 403 g/mol. The maximum absolute atomic E-state index is 5.87. The average Bonchev–Trinajstić information content (AvgIpc) is 2.79. The minimum Gasteiger partial charge on any atom is -0.368 e. The first kappa shape index (κ1) is 20.3. The summed E-state index contributed by atoms with van der Waals surface area (Å²) in [5.41, 5.74) is 8.34. The van der Waals surface area contributed by atoms with Crippen LogP contribution in [0, 0.1) is 0 Å². The van der Waals surface area contributed by atoms with Crippen molar-refractivity contribution in [2.24, 2.45) is 0 Å². The van der Waals surface area contributed by atoms with Gasteiger partial charge in [-0.05, 0) is 50.9 Å². The van der Waals surface area contributed by atoms with Gasteiger partial charge in [0.2, 0.25) is 11.9 Å². The molecule has 0 amide bonds. The van der Waals surface area contributed by atoms with E-state index in [9.17, 15) is 0 Å². The topological polar surface area (TPSA) is 71.2 Å². The Morgan fingerprint density at radius 3 is 1.73 bits per heavy atom. The van der Waals surface area contributed by atoms with Crippen LogP contribution < -0.4 is 10.6 Å². The first-order chi connectivity index (χ1) is 14.5. The Labute approximate surface area is 178 Å². The van der Waals surface area contributed by atoms with Gasteiger partial charge >= 0.3 is 0 Å². The highest BCUT2D eigenvalue weighted by Crippen LogP contribution is 2.51. The molecular weight excluding hydrogens is 372 g/mol. The van der Waals surface area contributed by atoms with Crippen LogP contribution in [0.1, 0.15) is 36.8 Å². The standard InChI is InChI=1S/C24H30N6/c1-29(2)23(19-10-6-4-7-11-19)14-16-24(17-15-23,20-12-8-5-9-13-20)30(3)22-27-18-26-21(25)28-22/h4-13,18H,14-17H2,1-3H3,(H2,25,26,27,28). The number of aromatic nitrogens is 3. The molecule has 1 heterocycles. The fraction of sp³-hybridized carbons (Fsp3) is 0.375. The number of rotatable bonds is 5. The Morgan fingerprint density at radius 1 is 0.733 bits per heavy atom. The predicted molar refractivity (Wildman–Crippen MR) is 121 cm³/mol. The minimum atomic E-state index is -0.205. The molecule has 0 saturated heterocycles. The highest BCUT2D eigenvalue weighted by atomic mass is 15.3. The van der Waals surface area contributed by atoms with E-state index in [1.807, 2.05) is 0 Å². The molecule has 2 N–H and O–H groups in total. The van der Waals surface area contributed by atoms with Crippen LogP contribution in [0.15, 0.2) is 67.0 Å². The third-order valence-electron chi connectivity index (χ3n) is 6.90. The summed E-state index contributed by atoms with van der Waals surface area (Å²) >= 11 is 0. The highest BCUT2D eigenvalue weighted by Gasteiger charge is 2.48. The monoisotopic (exact) mass is 402 g/mol. The number of nitrogen functional groups attached to an aromatic ring is 1. The smallest absolute Gasteiger partial charge is 0.230 e. The van der Waals surface area contributed by atoms with Crippen molar-refractivity contribution in [3.63, 3.8) is 0 Å². The summed E-state index contributed by atoms with van der Waals surface area (Å²) in [4.78, 5) is 17.4. The zero-order valence-electron chi connectivity index (χ0n) is 18.0. The molecule has 1 saturated carbocycles. The first-order valence-corrected chi connectivity index (χ1v) is 10.4. The second kappa shape index (κ2) is 8.03. The molecule has 6 nitrogen and oxygen atoms in total. The molecule has 156 valence electrons. The van der Waals surface area contributed by atoms with Gasteiger partial charge in [-0.25, -0.2) is 9.97 Å². The van der Waals surface area contributed by atoms with E-state index in [4.69, 9.17) is 5.73 Å². The quantitative estimate of drug-likeness (QED) is 0.700. The third kappa shape index (κ3) is 3.41. The molecule has 4 rings (SSSR count). The lowest BCUT2D eigenvalue weighted by Crippen LogP contribution is -2.54. The number of benzene rings is 2. The maximum Gasteiger partial charge on any atom is 0.230 e. The van der Waals surface area contributed by atoms with E-state index in [1.54, 1.807) is 0 Å². The number of anilines is 2. The van der Waals surface area contributed by atoms with Crippen LogP contribution in [0.3, 0.4) is 0 Å². The second-order valence-electron chi connectivity index (χ2n) is 8.39. The Hall–Kier alpha value is -2.99. The summed E-state index contributed by atoms with van der Waals surface area (Å²) in [6.45, 7) is 0. The van der Waals surface area contributed by atoms with Gasteiger partial charge in [0.1, 0.15) is 6.33 Å². The van der Waals surface area contributed by atoms with Crippen LogP contribution in [-0.4, -0.2) is 41.0 Å². The van der Waals surface area contributed by atoms with Crippen molar-refractivity contribution in [3.8, 4) is 0 Å². The molecule has 1 fully saturated rings. The lowest BCUT2D eigenvalue weighted by molar-refractivity contribution is 0.0642. The van der Waals surface area contributed by atoms with Crippen LogP contribution in [0.4, 0.5) is 11.9 Å². The fourth-order valence-electron chi connectivity index (χ4n) is 5.04. The van der Waals surface area contributed by atoms with E-state index in [0.717, 1.165) is 25.7 Å². The van der Waals surface area contributed by atoms with Gasteiger partial charge in [0, 0.05) is 12.6 Å². The Bertz CT molecular complexity index is 965. The summed E-state index contributed by atoms with van der Waals surface area (Å²) in [6.07, 6.45) is 5.51. The van der Waals surface area contributed by atoms with Gasteiger partial charge in [0.25, 0.3) is 0 Å². The molecule has 1 aliphatic carbocycles. The van der Waals surface area contributed by atoms with E-state index in [2.05, 4.69) is 107 Å². The Kier molecular flexibility index (Phi) is 5.43. The maximum atomic E-state index is 5.87. The minimum absolute atomic E-state index is 0.0124. The largest absolute Gasteiger partial charge is 0.368 e. The highest BCUT2D eigenvalue weighted by molar-refractivity contribution is 5.43. The van der Waals surface area contributed by atoms with Crippen molar-refractivity contribution >= 4 is 11.9 Å². The van der Waals surface area contributed by atoms with Gasteiger partial charge in [-0.2, -0.15) is 4.98 Å². The molecule has 2 aromatic carbocycles. The Morgan fingerprint density at radius 2 is 1.23 bits per heavy atom. The lowest BCUT2D eigenvalue weighted by atomic mass is 9.66. The second-order valence-corrected chi connectivity index (χ2v) is 8.39. The molecule has 0 radical (unpaired) electrons. The predicted octanol–water partition coefficient (Wildman–Crippen LogP) is 3.82. The van der Waals surface area contributed by atoms with Gasteiger partial charge in [-0.1, -0.05) is 60.7 Å². The molecule has 3 aromatic rings. The SMILES string of the molecule is CN(C)C1(c2ccccc2)CCC(c2ccccc2)(N(C)c2ncnc(N)n2)CC1. The van der Waals surface area contributed by atoms with E-state index in [1.165, 1.54) is 17.5 Å². The van der Waals surface area contributed by atoms with Crippen LogP contribution in [-0.2, 0) is 11.1 Å². The van der Waals surface area contributed by atoms with Gasteiger partial charge in [-0.3, -0.25) is 4.90 Å². The van der Waals surface area contributed by atoms with Crippen molar-refractivity contribution < 1.29 is 0 Å². The van der Waals surface area contributed by atoms with Crippen molar-refractivity contribution in [1.82, 2.24) is 19.9 Å². The molecule has 1 aromatic heterocycles. The van der Waals surface area contributed by atoms with Crippen LogP contribution >= 0.6 is 0 Å². The summed E-state index contributed by atoms with van der Waals surface area (Å²) in [5.74, 6) is 0.862. The summed E-state index contributed by atoms with van der Waals surface area (Å²) in [6, 6.07) is 21.6. The van der Waals surface area contributed by atoms with Crippen molar-refractivity contribution in [2.45, 2.75) is 36.8 Å². The third-order valence-corrected chi connectivity index (χ3v) is 6.90.